The van der Waals surface area contributed by atoms with Crippen molar-refractivity contribution in [1.29, 1.82) is 0 Å². The number of amides is 2. The van der Waals surface area contributed by atoms with E-state index in [4.69, 9.17) is 0 Å². The van der Waals surface area contributed by atoms with E-state index in [9.17, 15) is 18.4 Å². The second-order valence-electron chi connectivity index (χ2n) is 5.60. The van der Waals surface area contributed by atoms with E-state index in [1.807, 2.05) is 19.2 Å². The van der Waals surface area contributed by atoms with Gasteiger partial charge in [0, 0.05) is 16.8 Å². The number of hydrogen-bond donors (Lipinski definition) is 2. The van der Waals surface area contributed by atoms with E-state index in [0.717, 1.165) is 4.88 Å². The van der Waals surface area contributed by atoms with Crippen LogP contribution in [0.1, 0.15) is 30.2 Å². The van der Waals surface area contributed by atoms with Gasteiger partial charge in [-0.3, -0.25) is 9.59 Å². The van der Waals surface area contributed by atoms with E-state index in [1.54, 1.807) is 18.3 Å². The van der Waals surface area contributed by atoms with Crippen LogP contribution >= 0.6 is 22.9 Å². The molecule has 2 rings (SSSR count). The highest BCUT2D eigenvalue weighted by Gasteiger charge is 2.35. The van der Waals surface area contributed by atoms with Crippen molar-refractivity contribution < 1.29 is 18.4 Å². The summed E-state index contributed by atoms with van der Waals surface area (Å²) in [5.41, 5.74) is 0.824. The maximum Gasteiger partial charge on any atom is 0.400 e. The van der Waals surface area contributed by atoms with Gasteiger partial charge in [0.2, 0.25) is 5.91 Å². The van der Waals surface area contributed by atoms with Gasteiger partial charge in [0.05, 0.1) is 6.42 Å². The lowest BCUT2D eigenvalue weighted by Crippen LogP contribution is -2.28. The molecule has 0 fully saturated rings. The SMILES string of the molecule is CC(C)c1cnc(NC(=O)Cc2ccc(NC(=O)C(F)(F)Cl)cc2)s1. The first-order valence-corrected chi connectivity index (χ1v) is 8.57. The lowest BCUT2D eigenvalue weighted by Gasteiger charge is -2.09. The third-order valence-electron chi connectivity index (χ3n) is 3.17. The molecule has 0 aliphatic rings. The van der Waals surface area contributed by atoms with Crippen molar-refractivity contribution in [3.63, 3.8) is 0 Å². The fourth-order valence-electron chi connectivity index (χ4n) is 1.87. The Morgan fingerprint density at radius 2 is 1.88 bits per heavy atom. The number of anilines is 2. The molecule has 5 nitrogen and oxygen atoms in total. The smallest absolute Gasteiger partial charge is 0.320 e. The molecule has 0 atom stereocenters. The minimum atomic E-state index is -3.97. The Labute approximate surface area is 152 Å². The molecule has 134 valence electrons. The lowest BCUT2D eigenvalue weighted by atomic mass is 10.1. The molecule has 1 aromatic carbocycles. The van der Waals surface area contributed by atoms with Crippen molar-refractivity contribution in [3.05, 3.63) is 40.9 Å². The van der Waals surface area contributed by atoms with Gasteiger partial charge < -0.3 is 10.6 Å². The van der Waals surface area contributed by atoms with Crippen molar-refractivity contribution in [1.82, 2.24) is 4.98 Å². The highest BCUT2D eigenvalue weighted by molar-refractivity contribution is 7.15. The number of alkyl halides is 3. The van der Waals surface area contributed by atoms with Gasteiger partial charge in [0.15, 0.2) is 5.13 Å². The van der Waals surface area contributed by atoms with Crippen LogP contribution in [0.3, 0.4) is 0 Å². The summed E-state index contributed by atoms with van der Waals surface area (Å²) < 4.78 is 25.2. The Morgan fingerprint density at radius 1 is 1.24 bits per heavy atom. The van der Waals surface area contributed by atoms with Gasteiger partial charge >= 0.3 is 11.3 Å². The molecule has 0 bridgehead atoms. The van der Waals surface area contributed by atoms with Crippen molar-refractivity contribution >= 4 is 45.6 Å². The normalized spacial score (nSPS) is 11.4. The van der Waals surface area contributed by atoms with Crippen LogP contribution in [0.15, 0.2) is 30.5 Å². The number of rotatable bonds is 6. The molecule has 1 aromatic heterocycles. The Balaban J connectivity index is 1.91. The van der Waals surface area contributed by atoms with E-state index in [1.165, 1.54) is 23.5 Å². The van der Waals surface area contributed by atoms with Crippen LogP contribution in [0.2, 0.25) is 0 Å². The van der Waals surface area contributed by atoms with Gasteiger partial charge in [-0.05, 0) is 35.2 Å². The monoisotopic (exact) mass is 387 g/mol. The summed E-state index contributed by atoms with van der Waals surface area (Å²) >= 11 is 6.05. The number of thiazole rings is 1. The van der Waals surface area contributed by atoms with E-state index >= 15 is 0 Å². The van der Waals surface area contributed by atoms with Crippen LogP contribution in [0.25, 0.3) is 0 Å². The average Bonchev–Trinajstić information content (AvgIpc) is 2.97. The maximum absolute atomic E-state index is 12.6. The first-order valence-electron chi connectivity index (χ1n) is 7.38. The molecule has 1 heterocycles. The second-order valence-corrected chi connectivity index (χ2v) is 7.13. The molecule has 0 spiro atoms. The highest BCUT2D eigenvalue weighted by Crippen LogP contribution is 2.25. The van der Waals surface area contributed by atoms with Gasteiger partial charge in [-0.15, -0.1) is 11.3 Å². The van der Waals surface area contributed by atoms with Crippen LogP contribution in [0.4, 0.5) is 19.6 Å². The molecule has 2 N–H and O–H groups in total. The number of carbonyl (C=O) groups is 2. The molecular weight excluding hydrogens is 372 g/mol. The van der Waals surface area contributed by atoms with Gasteiger partial charge in [-0.25, -0.2) is 4.98 Å². The minimum Gasteiger partial charge on any atom is -0.320 e. The molecule has 9 heteroatoms. The van der Waals surface area contributed by atoms with Crippen LogP contribution in [0, 0.1) is 0 Å². The number of benzene rings is 1. The van der Waals surface area contributed by atoms with Crippen LogP contribution < -0.4 is 10.6 Å². The zero-order valence-corrected chi connectivity index (χ0v) is 15.0. The fourth-order valence-corrected chi connectivity index (χ4v) is 2.75. The number of nitrogens with zero attached hydrogens (tertiary/aromatic N) is 1. The number of nitrogens with one attached hydrogen (secondary N) is 2. The number of hydrogen-bond acceptors (Lipinski definition) is 4. The topological polar surface area (TPSA) is 71.1 Å². The van der Waals surface area contributed by atoms with E-state index in [2.05, 4.69) is 21.9 Å². The van der Waals surface area contributed by atoms with Gasteiger partial charge in [-0.2, -0.15) is 8.78 Å². The van der Waals surface area contributed by atoms with Crippen LogP contribution in [0.5, 0.6) is 0 Å². The Hall–Kier alpha value is -2.06. The van der Waals surface area contributed by atoms with Gasteiger partial charge in [0.1, 0.15) is 0 Å². The van der Waals surface area contributed by atoms with Crippen molar-refractivity contribution in [2.75, 3.05) is 10.6 Å². The molecule has 2 amide bonds. The summed E-state index contributed by atoms with van der Waals surface area (Å²) in [7, 11) is 0. The second kappa shape index (κ2) is 7.88. The van der Waals surface area contributed by atoms with Crippen molar-refractivity contribution in [2.24, 2.45) is 0 Å². The summed E-state index contributed by atoms with van der Waals surface area (Å²) in [4.78, 5) is 28.3. The largest absolute Gasteiger partial charge is 0.400 e. The van der Waals surface area contributed by atoms with E-state index in [0.29, 0.717) is 16.6 Å². The average molecular weight is 388 g/mol. The van der Waals surface area contributed by atoms with Gasteiger partial charge in [0.25, 0.3) is 0 Å². The molecular formula is C16H16ClF2N3O2S. The fraction of sp³-hybridized carbons (Fsp3) is 0.312. The molecule has 2 aromatic rings. The third kappa shape index (κ3) is 5.75. The van der Waals surface area contributed by atoms with Crippen molar-refractivity contribution in [3.8, 4) is 0 Å². The van der Waals surface area contributed by atoms with Gasteiger partial charge in [-0.1, -0.05) is 26.0 Å². The summed E-state index contributed by atoms with van der Waals surface area (Å²) in [6.45, 7) is 4.08. The molecule has 0 saturated heterocycles. The highest BCUT2D eigenvalue weighted by atomic mass is 35.5. The molecule has 0 radical (unpaired) electrons. The number of halogens is 3. The van der Waals surface area contributed by atoms with E-state index in [-0.39, 0.29) is 18.0 Å². The Morgan fingerprint density at radius 3 is 2.40 bits per heavy atom. The zero-order chi connectivity index (χ0) is 18.6. The van der Waals surface area contributed by atoms with E-state index < -0.39 is 11.3 Å². The predicted octanol–water partition coefficient (Wildman–Crippen LogP) is 4.22. The third-order valence-corrected chi connectivity index (χ3v) is 4.56. The van der Waals surface area contributed by atoms with Crippen LogP contribution in [-0.2, 0) is 16.0 Å². The summed E-state index contributed by atoms with van der Waals surface area (Å²) in [5, 5.41) is 1.26. The minimum absolute atomic E-state index is 0.0937. The molecule has 0 aliphatic heterocycles. The molecule has 0 aliphatic carbocycles. The standard InChI is InChI=1S/C16H16ClF2N3O2S/c1-9(2)12-8-20-15(25-12)22-13(23)7-10-3-5-11(6-4-10)21-14(24)16(17,18)19/h3-6,8-9H,7H2,1-2H3,(H,21,24)(H,20,22,23). The molecule has 0 saturated carbocycles. The summed E-state index contributed by atoms with van der Waals surface area (Å²) in [6, 6.07) is 5.96. The molecule has 25 heavy (non-hydrogen) atoms. The Kier molecular flexibility index (Phi) is 6.07. The number of aromatic nitrogens is 1. The Bertz CT molecular complexity index is 757. The van der Waals surface area contributed by atoms with Crippen molar-refractivity contribution in [2.45, 2.75) is 31.6 Å². The predicted molar refractivity (Wildman–Crippen MR) is 94.4 cm³/mol. The summed E-state index contributed by atoms with van der Waals surface area (Å²) in [6.07, 6.45) is 1.82. The quantitative estimate of drug-likeness (QED) is 0.729. The zero-order valence-electron chi connectivity index (χ0n) is 13.5. The summed E-state index contributed by atoms with van der Waals surface area (Å²) in [5.74, 6) is -1.51. The first kappa shape index (κ1) is 19.3. The first-order chi connectivity index (χ1) is 11.6. The number of carbonyl (C=O) groups excluding carboxylic acids is 2. The lowest BCUT2D eigenvalue weighted by molar-refractivity contribution is -0.130. The molecule has 0 unspecified atom stereocenters. The maximum atomic E-state index is 12.6. The van der Waals surface area contributed by atoms with Crippen LogP contribution in [-0.4, -0.2) is 22.2 Å².